The molecule has 0 radical (unpaired) electrons. The molecular weight excluding hydrogens is 184 g/mol. The fourth-order valence-corrected chi connectivity index (χ4v) is 2.12. The van der Waals surface area contributed by atoms with E-state index in [4.69, 9.17) is 9.84 Å². The quantitative estimate of drug-likeness (QED) is 0.590. The predicted octanol–water partition coefficient (Wildman–Crippen LogP) is -0.0349. The lowest BCUT2D eigenvalue weighted by molar-refractivity contribution is -0.257. The van der Waals surface area contributed by atoms with Crippen molar-refractivity contribution >= 4 is 0 Å². The van der Waals surface area contributed by atoms with Crippen molar-refractivity contribution in [2.45, 2.75) is 39.3 Å². The van der Waals surface area contributed by atoms with Crippen LogP contribution in [0, 0.1) is 17.8 Å². The van der Waals surface area contributed by atoms with Crippen LogP contribution >= 0.6 is 0 Å². The van der Waals surface area contributed by atoms with Gasteiger partial charge in [-0.1, -0.05) is 20.8 Å². The summed E-state index contributed by atoms with van der Waals surface area (Å²) in [5.41, 5.74) is 0. The van der Waals surface area contributed by atoms with E-state index in [0.29, 0.717) is 0 Å². The molecule has 3 N–H and O–H groups in total. The molecule has 1 heterocycles. The Bertz CT molecular complexity index is 181. The molecule has 5 atom stereocenters. The second kappa shape index (κ2) is 4.57. The minimum atomic E-state index is -0.975. The van der Waals surface area contributed by atoms with Gasteiger partial charge in [-0.2, -0.15) is 0 Å². The Morgan fingerprint density at radius 1 is 1.29 bits per heavy atom. The van der Waals surface area contributed by atoms with Crippen molar-refractivity contribution in [3.05, 3.63) is 0 Å². The zero-order chi connectivity index (χ0) is 10.9. The molecule has 0 aromatic rings. The molecule has 4 nitrogen and oxygen atoms in total. The monoisotopic (exact) mass is 204 g/mol. The molecule has 14 heavy (non-hydrogen) atoms. The van der Waals surface area contributed by atoms with Crippen molar-refractivity contribution in [1.29, 1.82) is 0 Å². The van der Waals surface area contributed by atoms with Gasteiger partial charge in [-0.05, 0) is 5.92 Å². The molecule has 0 aliphatic carbocycles. The highest BCUT2D eigenvalue weighted by Gasteiger charge is 2.43. The van der Waals surface area contributed by atoms with E-state index in [9.17, 15) is 10.2 Å². The Hall–Kier alpha value is -0.160. The largest absolute Gasteiger partial charge is 0.394 e. The summed E-state index contributed by atoms with van der Waals surface area (Å²) in [4.78, 5) is 0. The van der Waals surface area contributed by atoms with Crippen LogP contribution in [0.15, 0.2) is 0 Å². The third kappa shape index (κ3) is 2.08. The summed E-state index contributed by atoms with van der Waals surface area (Å²) >= 11 is 0. The fourth-order valence-electron chi connectivity index (χ4n) is 2.12. The van der Waals surface area contributed by atoms with Gasteiger partial charge < -0.3 is 20.1 Å². The summed E-state index contributed by atoms with van der Waals surface area (Å²) in [5, 5.41) is 28.5. The minimum Gasteiger partial charge on any atom is -0.394 e. The second-order valence-electron chi connectivity index (χ2n) is 4.42. The molecule has 84 valence electrons. The molecular formula is C10H20O4. The van der Waals surface area contributed by atoms with Gasteiger partial charge >= 0.3 is 0 Å². The van der Waals surface area contributed by atoms with Gasteiger partial charge in [0.2, 0.25) is 0 Å². The van der Waals surface area contributed by atoms with Crippen molar-refractivity contribution in [3.8, 4) is 0 Å². The first-order valence-electron chi connectivity index (χ1n) is 5.11. The van der Waals surface area contributed by atoms with Crippen molar-refractivity contribution in [1.82, 2.24) is 0 Å². The van der Waals surface area contributed by atoms with E-state index in [1.165, 1.54) is 0 Å². The zero-order valence-corrected chi connectivity index (χ0v) is 8.92. The lowest BCUT2D eigenvalue weighted by atomic mass is 9.78. The van der Waals surface area contributed by atoms with E-state index in [1.807, 2.05) is 13.8 Å². The van der Waals surface area contributed by atoms with Crippen molar-refractivity contribution in [2.24, 2.45) is 17.8 Å². The van der Waals surface area contributed by atoms with Crippen LogP contribution in [-0.4, -0.2) is 40.4 Å². The van der Waals surface area contributed by atoms with Crippen LogP contribution in [0.2, 0.25) is 0 Å². The summed E-state index contributed by atoms with van der Waals surface area (Å²) in [7, 11) is 0. The smallest absolute Gasteiger partial charge is 0.160 e. The minimum absolute atomic E-state index is 0.113. The number of ether oxygens (including phenoxy) is 1. The summed E-state index contributed by atoms with van der Waals surface area (Å²) in [6, 6.07) is 0. The average molecular weight is 204 g/mol. The molecule has 0 amide bonds. The number of hydrogen-bond donors (Lipinski definition) is 3. The summed E-state index contributed by atoms with van der Waals surface area (Å²) < 4.78 is 5.24. The molecule has 1 aliphatic rings. The Balaban J connectivity index is 2.78. The molecule has 0 aromatic carbocycles. The van der Waals surface area contributed by atoms with Gasteiger partial charge in [0.1, 0.15) is 0 Å². The van der Waals surface area contributed by atoms with Gasteiger partial charge in [0.05, 0.1) is 18.8 Å². The lowest BCUT2D eigenvalue weighted by Crippen LogP contribution is -2.53. The van der Waals surface area contributed by atoms with Gasteiger partial charge in [-0.3, -0.25) is 0 Å². The maximum absolute atomic E-state index is 9.93. The van der Waals surface area contributed by atoms with Gasteiger partial charge in [-0.25, -0.2) is 0 Å². The Morgan fingerprint density at radius 2 is 1.86 bits per heavy atom. The molecule has 1 saturated heterocycles. The van der Waals surface area contributed by atoms with Gasteiger partial charge in [-0.15, -0.1) is 0 Å². The molecule has 4 heteroatoms. The average Bonchev–Trinajstić information content (AvgIpc) is 2.12. The summed E-state index contributed by atoms with van der Waals surface area (Å²) in [5.74, 6) is -0.194. The van der Waals surface area contributed by atoms with E-state index in [0.717, 1.165) is 0 Å². The fraction of sp³-hybridized carbons (Fsp3) is 1.00. The second-order valence-corrected chi connectivity index (χ2v) is 4.42. The predicted molar refractivity (Wildman–Crippen MR) is 51.5 cm³/mol. The van der Waals surface area contributed by atoms with E-state index in [1.54, 1.807) is 6.92 Å². The molecule has 1 unspecified atom stereocenters. The highest BCUT2D eigenvalue weighted by molar-refractivity contribution is 4.88. The molecule has 1 rings (SSSR count). The van der Waals surface area contributed by atoms with Crippen LogP contribution in [0.5, 0.6) is 0 Å². The highest BCUT2D eigenvalue weighted by atomic mass is 16.6. The summed E-state index contributed by atoms with van der Waals surface area (Å²) in [6.45, 7) is 5.54. The first kappa shape index (κ1) is 11.9. The van der Waals surface area contributed by atoms with Crippen LogP contribution in [0.1, 0.15) is 20.8 Å². The first-order valence-corrected chi connectivity index (χ1v) is 5.11. The van der Waals surface area contributed by atoms with Crippen LogP contribution < -0.4 is 0 Å². The SMILES string of the molecule is CC(C)[C@@H]1[C@@H](O)[C@H](C)C(O)O[C@H]1CO. The van der Waals surface area contributed by atoms with E-state index < -0.39 is 18.5 Å². The zero-order valence-electron chi connectivity index (χ0n) is 8.92. The third-order valence-electron chi connectivity index (χ3n) is 3.08. The van der Waals surface area contributed by atoms with Crippen molar-refractivity contribution in [2.75, 3.05) is 6.61 Å². The van der Waals surface area contributed by atoms with E-state index >= 15 is 0 Å². The number of aliphatic hydroxyl groups excluding tert-OH is 3. The first-order chi connectivity index (χ1) is 6.49. The van der Waals surface area contributed by atoms with Crippen LogP contribution in [0.25, 0.3) is 0 Å². The standard InChI is InChI=1S/C10H20O4/c1-5(2)8-7(4-11)14-10(13)6(3)9(8)12/h5-13H,4H2,1-3H3/t6-,7-,8-,9-,10?/m0/s1. The van der Waals surface area contributed by atoms with Gasteiger partial charge in [0.15, 0.2) is 6.29 Å². The van der Waals surface area contributed by atoms with Crippen LogP contribution in [-0.2, 0) is 4.74 Å². The van der Waals surface area contributed by atoms with Crippen LogP contribution in [0.3, 0.4) is 0 Å². The molecule has 1 aliphatic heterocycles. The number of hydrogen-bond acceptors (Lipinski definition) is 4. The topological polar surface area (TPSA) is 69.9 Å². The van der Waals surface area contributed by atoms with Gasteiger partial charge in [0.25, 0.3) is 0 Å². The molecule has 0 aromatic heterocycles. The number of aliphatic hydroxyl groups is 3. The molecule has 0 spiro atoms. The van der Waals surface area contributed by atoms with Crippen molar-refractivity contribution in [3.63, 3.8) is 0 Å². The van der Waals surface area contributed by atoms with Crippen molar-refractivity contribution < 1.29 is 20.1 Å². The summed E-state index contributed by atoms with van der Waals surface area (Å²) in [6.07, 6.45) is -2.05. The van der Waals surface area contributed by atoms with E-state index in [-0.39, 0.29) is 24.4 Å². The number of rotatable bonds is 2. The lowest BCUT2D eigenvalue weighted by Gasteiger charge is -2.43. The van der Waals surface area contributed by atoms with Crippen LogP contribution in [0.4, 0.5) is 0 Å². The normalized spacial score (nSPS) is 44.4. The molecule has 0 saturated carbocycles. The maximum atomic E-state index is 9.93. The Morgan fingerprint density at radius 3 is 2.29 bits per heavy atom. The highest BCUT2D eigenvalue weighted by Crippen LogP contribution is 2.33. The molecule has 0 bridgehead atoms. The van der Waals surface area contributed by atoms with E-state index in [2.05, 4.69) is 0 Å². The Labute approximate surface area is 84.5 Å². The third-order valence-corrected chi connectivity index (χ3v) is 3.08. The van der Waals surface area contributed by atoms with Gasteiger partial charge in [0, 0.05) is 11.8 Å². The Kier molecular flexibility index (Phi) is 3.89. The molecule has 1 fully saturated rings. The maximum Gasteiger partial charge on any atom is 0.160 e.